The van der Waals surface area contributed by atoms with Gasteiger partial charge >= 0.3 is 12.0 Å². The maximum Gasteiger partial charge on any atom is 0.328 e. The molecule has 4 rings (SSSR count). The Kier molecular flexibility index (Phi) is 4.93. The summed E-state index contributed by atoms with van der Waals surface area (Å²) < 4.78 is 0. The van der Waals surface area contributed by atoms with E-state index in [1.807, 2.05) is 4.90 Å². The molecule has 10 nitrogen and oxygen atoms in total. The Morgan fingerprint density at radius 1 is 1.31 bits per heavy atom. The third-order valence-corrected chi connectivity index (χ3v) is 5.56. The van der Waals surface area contributed by atoms with Crippen molar-refractivity contribution in [3.63, 3.8) is 0 Å². The van der Waals surface area contributed by atoms with E-state index in [9.17, 15) is 19.5 Å². The van der Waals surface area contributed by atoms with Gasteiger partial charge in [0.25, 0.3) is 5.91 Å². The number of halogens is 1. The Labute approximate surface area is 172 Å². The highest BCUT2D eigenvalue weighted by atomic mass is 35.5. The van der Waals surface area contributed by atoms with Crippen LogP contribution in [0.15, 0.2) is 29.4 Å². The van der Waals surface area contributed by atoms with Crippen molar-refractivity contribution >= 4 is 35.2 Å². The number of nitrogens with zero attached hydrogens (tertiary/aromatic N) is 5. The van der Waals surface area contributed by atoms with Crippen LogP contribution >= 0.6 is 11.6 Å². The number of aliphatic carboxylic acids is 1. The molecule has 0 radical (unpaired) electrons. The fourth-order valence-electron chi connectivity index (χ4n) is 4.03. The fourth-order valence-corrected chi connectivity index (χ4v) is 4.15. The molecule has 3 unspecified atom stereocenters. The number of hydrogen-bond acceptors (Lipinski definition) is 7. The normalized spacial score (nSPS) is 27.1. The number of carbonyl (C=O) groups is 3. The van der Waals surface area contributed by atoms with E-state index in [4.69, 9.17) is 11.6 Å². The van der Waals surface area contributed by atoms with Crippen LogP contribution < -0.4 is 5.32 Å². The van der Waals surface area contributed by atoms with Gasteiger partial charge in [0.1, 0.15) is 18.8 Å². The fraction of sp³-hybridized carbons (Fsp3) is 0.444. The van der Waals surface area contributed by atoms with E-state index in [0.717, 1.165) is 5.56 Å². The van der Waals surface area contributed by atoms with Crippen LogP contribution in [0.5, 0.6) is 0 Å². The summed E-state index contributed by atoms with van der Waals surface area (Å²) in [5.41, 5.74) is 1.48. The summed E-state index contributed by atoms with van der Waals surface area (Å²) in [6.45, 7) is 2.00. The molecule has 154 valence electrons. The molecule has 3 atom stereocenters. The van der Waals surface area contributed by atoms with Crippen molar-refractivity contribution in [3.05, 3.63) is 34.9 Å². The zero-order chi connectivity index (χ0) is 20.9. The highest BCUT2D eigenvalue weighted by molar-refractivity contribution is 6.30. The summed E-state index contributed by atoms with van der Waals surface area (Å²) in [5.74, 6) is -1.35. The molecule has 2 N–H and O–H groups in total. The minimum absolute atomic E-state index is 0.132. The molecule has 0 bridgehead atoms. The van der Waals surface area contributed by atoms with Gasteiger partial charge in [-0.1, -0.05) is 23.7 Å². The number of benzene rings is 1. The molecule has 1 aromatic carbocycles. The van der Waals surface area contributed by atoms with Gasteiger partial charge in [-0.05, 0) is 24.6 Å². The van der Waals surface area contributed by atoms with E-state index in [1.165, 1.54) is 14.8 Å². The standard InChI is InChI=1S/C18H21ClN6O4/c1-10-7-23-14-15(20-17(23)25(21-10)9-13(26)27)22(2)18(29)24(16(14)28)8-11-3-5-12(19)6-4-11/h3-6,14-15,17,20H,7-9H2,1-2H3,(H,26,27). The predicted octanol–water partition coefficient (Wildman–Crippen LogP) is 0.394. The number of hydrogen-bond donors (Lipinski definition) is 2. The molecule has 3 heterocycles. The van der Waals surface area contributed by atoms with Gasteiger partial charge in [0.05, 0.1) is 6.54 Å². The molecule has 3 amide bonds. The SMILES string of the molecule is CC1=NN(CC(=O)O)C2NC3C(C(=O)N(Cc4ccc(Cl)cc4)C(=O)N3C)N2C1. The summed E-state index contributed by atoms with van der Waals surface area (Å²) in [5, 5.41) is 18.7. The van der Waals surface area contributed by atoms with Crippen LogP contribution in [0.4, 0.5) is 4.79 Å². The van der Waals surface area contributed by atoms with Gasteiger partial charge in [-0.25, -0.2) is 9.69 Å². The van der Waals surface area contributed by atoms with Gasteiger partial charge in [-0.15, -0.1) is 0 Å². The molecular formula is C18H21ClN6O4. The minimum Gasteiger partial charge on any atom is -0.480 e. The minimum atomic E-state index is -1.03. The zero-order valence-corrected chi connectivity index (χ0v) is 16.7. The molecule has 0 saturated carbocycles. The number of carbonyl (C=O) groups excluding carboxylic acids is 2. The number of carboxylic acid groups (broad SMARTS) is 1. The van der Waals surface area contributed by atoms with Crippen molar-refractivity contribution in [2.75, 3.05) is 20.1 Å². The van der Waals surface area contributed by atoms with Crippen molar-refractivity contribution in [1.29, 1.82) is 0 Å². The van der Waals surface area contributed by atoms with Gasteiger partial charge in [0.15, 0.2) is 6.29 Å². The van der Waals surface area contributed by atoms with Gasteiger partial charge in [-0.2, -0.15) is 5.10 Å². The maximum atomic E-state index is 13.3. The maximum absolute atomic E-state index is 13.3. The number of fused-ring (bicyclic) bond motifs is 3. The first-order valence-electron chi connectivity index (χ1n) is 9.13. The van der Waals surface area contributed by atoms with E-state index in [2.05, 4.69) is 10.4 Å². The molecule has 29 heavy (non-hydrogen) atoms. The van der Waals surface area contributed by atoms with Crippen LogP contribution in [-0.2, 0) is 16.1 Å². The lowest BCUT2D eigenvalue weighted by Gasteiger charge is -2.42. The number of carboxylic acids is 1. The number of hydrazone groups is 1. The first-order valence-corrected chi connectivity index (χ1v) is 9.51. The Hall–Kier alpha value is -2.69. The lowest BCUT2D eigenvalue weighted by atomic mass is 10.1. The summed E-state index contributed by atoms with van der Waals surface area (Å²) in [6, 6.07) is 5.92. The molecule has 0 spiro atoms. The van der Waals surface area contributed by atoms with Gasteiger partial charge in [0, 0.05) is 24.3 Å². The molecule has 0 aromatic heterocycles. The van der Waals surface area contributed by atoms with E-state index < -0.39 is 30.5 Å². The Balaban J connectivity index is 1.62. The largest absolute Gasteiger partial charge is 0.480 e. The summed E-state index contributed by atoms with van der Waals surface area (Å²) in [6.07, 6.45) is -1.15. The van der Waals surface area contributed by atoms with E-state index in [-0.39, 0.29) is 19.0 Å². The number of urea groups is 1. The Morgan fingerprint density at radius 3 is 2.66 bits per heavy atom. The van der Waals surface area contributed by atoms with Crippen molar-refractivity contribution in [3.8, 4) is 0 Å². The van der Waals surface area contributed by atoms with Gasteiger partial charge < -0.3 is 10.0 Å². The van der Waals surface area contributed by atoms with Crippen molar-refractivity contribution in [1.82, 2.24) is 25.0 Å². The summed E-state index contributed by atoms with van der Waals surface area (Å²) in [7, 11) is 1.63. The lowest BCUT2D eigenvalue weighted by Crippen LogP contribution is -2.66. The topological polar surface area (TPSA) is 109 Å². The number of imide groups is 1. The molecule has 1 aromatic rings. The van der Waals surface area contributed by atoms with Crippen LogP contribution in [0.3, 0.4) is 0 Å². The molecule has 2 fully saturated rings. The predicted molar refractivity (Wildman–Crippen MR) is 104 cm³/mol. The van der Waals surface area contributed by atoms with Crippen LogP contribution in [0.25, 0.3) is 0 Å². The summed E-state index contributed by atoms with van der Waals surface area (Å²) in [4.78, 5) is 42.0. The monoisotopic (exact) mass is 420 g/mol. The molecule has 3 aliphatic rings. The average molecular weight is 421 g/mol. The number of likely N-dealkylation sites (N-methyl/N-ethyl adjacent to an activating group) is 1. The molecule has 2 saturated heterocycles. The zero-order valence-electron chi connectivity index (χ0n) is 15.9. The quantitative estimate of drug-likeness (QED) is 0.725. The Morgan fingerprint density at radius 2 is 2.00 bits per heavy atom. The van der Waals surface area contributed by atoms with Crippen LogP contribution in [0.2, 0.25) is 5.02 Å². The first-order chi connectivity index (χ1) is 13.8. The van der Waals surface area contributed by atoms with E-state index in [0.29, 0.717) is 17.3 Å². The van der Waals surface area contributed by atoms with E-state index in [1.54, 1.807) is 38.2 Å². The van der Waals surface area contributed by atoms with Crippen molar-refractivity contribution in [2.24, 2.45) is 5.10 Å². The molecule has 0 aliphatic carbocycles. The van der Waals surface area contributed by atoms with Crippen molar-refractivity contribution in [2.45, 2.75) is 32.0 Å². The smallest absolute Gasteiger partial charge is 0.328 e. The highest BCUT2D eigenvalue weighted by Crippen LogP contribution is 2.30. The lowest BCUT2D eigenvalue weighted by molar-refractivity contribution is -0.141. The highest BCUT2D eigenvalue weighted by Gasteiger charge is 2.56. The number of amides is 3. The number of rotatable bonds is 4. The number of nitrogens with one attached hydrogen (secondary N) is 1. The van der Waals surface area contributed by atoms with Crippen molar-refractivity contribution < 1.29 is 19.5 Å². The molecular weight excluding hydrogens is 400 g/mol. The third-order valence-electron chi connectivity index (χ3n) is 5.30. The van der Waals surface area contributed by atoms with Gasteiger partial charge in [0.2, 0.25) is 0 Å². The second-order valence-corrected chi connectivity index (χ2v) is 7.81. The first kappa shape index (κ1) is 19.6. The average Bonchev–Trinajstić information content (AvgIpc) is 3.04. The van der Waals surface area contributed by atoms with Crippen LogP contribution in [0.1, 0.15) is 12.5 Å². The third kappa shape index (κ3) is 3.43. The van der Waals surface area contributed by atoms with Gasteiger partial charge in [-0.3, -0.25) is 24.8 Å². The molecule has 3 aliphatic heterocycles. The second-order valence-electron chi connectivity index (χ2n) is 7.37. The van der Waals surface area contributed by atoms with Crippen LogP contribution in [0, 0.1) is 0 Å². The Bertz CT molecular complexity index is 891. The van der Waals surface area contributed by atoms with Crippen LogP contribution in [-0.4, -0.2) is 87.1 Å². The summed E-state index contributed by atoms with van der Waals surface area (Å²) >= 11 is 5.92. The second kappa shape index (κ2) is 7.29. The molecule has 11 heteroatoms. The van der Waals surface area contributed by atoms with E-state index >= 15 is 0 Å².